The van der Waals surface area contributed by atoms with E-state index in [1.165, 1.54) is 24.3 Å². The number of ether oxygens (including phenoxy) is 1. The summed E-state index contributed by atoms with van der Waals surface area (Å²) in [5.41, 5.74) is 0. The number of hydrogen-bond acceptors (Lipinski definition) is 6. The Labute approximate surface area is 109 Å². The molecule has 0 radical (unpaired) electrons. The summed E-state index contributed by atoms with van der Waals surface area (Å²) in [5, 5.41) is 0.207. The monoisotopic (exact) mass is 291 g/mol. The van der Waals surface area contributed by atoms with Gasteiger partial charge in [0.2, 0.25) is 10.0 Å². The summed E-state index contributed by atoms with van der Waals surface area (Å²) >= 11 is 5.72. The summed E-state index contributed by atoms with van der Waals surface area (Å²) in [5.74, 6) is -0.303. The molecule has 0 aromatic carbocycles. The van der Waals surface area contributed by atoms with Crippen molar-refractivity contribution < 1.29 is 17.9 Å². The molecule has 0 unspecified atom stereocenters. The lowest BCUT2D eigenvalue weighted by Gasteiger charge is -2.29. The largest absolute Gasteiger partial charge is 0.468 e. The van der Waals surface area contributed by atoms with Crippen molar-refractivity contribution >= 4 is 33.4 Å². The van der Waals surface area contributed by atoms with Crippen LogP contribution < -0.4 is 9.62 Å². The molecule has 0 saturated heterocycles. The Kier molecular flexibility index (Phi) is 3.42. The number of rotatable bonds is 2. The van der Waals surface area contributed by atoms with Crippen LogP contribution in [0.2, 0.25) is 5.02 Å². The van der Waals surface area contributed by atoms with Crippen molar-refractivity contribution in [2.45, 2.75) is 4.90 Å². The molecule has 0 aliphatic carbocycles. The van der Waals surface area contributed by atoms with Gasteiger partial charge in [0.15, 0.2) is 0 Å². The highest BCUT2D eigenvalue weighted by Gasteiger charge is 2.30. The molecule has 0 saturated carbocycles. The fraction of sp³-hybridized carbons (Fsp3) is 0.333. The molecule has 2 rings (SSSR count). The smallest absolute Gasteiger partial charge is 0.325 e. The quantitative estimate of drug-likeness (QED) is 0.770. The van der Waals surface area contributed by atoms with Gasteiger partial charge in [-0.1, -0.05) is 11.6 Å². The number of halogens is 1. The number of hydrogen-bond donors (Lipinski definition) is 1. The van der Waals surface area contributed by atoms with E-state index in [9.17, 15) is 13.2 Å². The van der Waals surface area contributed by atoms with Gasteiger partial charge in [0, 0.05) is 6.20 Å². The minimum atomic E-state index is -3.63. The molecule has 0 amide bonds. The molecule has 18 heavy (non-hydrogen) atoms. The second-order valence-corrected chi connectivity index (χ2v) is 5.73. The van der Waals surface area contributed by atoms with E-state index < -0.39 is 16.0 Å². The van der Waals surface area contributed by atoms with Crippen molar-refractivity contribution in [2.24, 2.45) is 0 Å². The number of aromatic nitrogens is 1. The van der Waals surface area contributed by atoms with E-state index in [2.05, 4.69) is 14.4 Å². The molecule has 7 nitrogen and oxygen atoms in total. The fourth-order valence-electron chi connectivity index (χ4n) is 1.52. The zero-order valence-electron chi connectivity index (χ0n) is 9.38. The molecule has 1 aromatic heterocycles. The minimum absolute atomic E-state index is 0.0426. The van der Waals surface area contributed by atoms with Crippen LogP contribution in [-0.2, 0) is 19.6 Å². The summed E-state index contributed by atoms with van der Waals surface area (Å²) in [6.45, 7) is -0.139. The SMILES string of the molecule is COC(=O)CN1CNS(=O)(=O)c2cc(Cl)cnc21. The Morgan fingerprint density at radius 2 is 2.39 bits per heavy atom. The van der Waals surface area contributed by atoms with Gasteiger partial charge in [-0.05, 0) is 6.07 Å². The van der Waals surface area contributed by atoms with E-state index in [-0.39, 0.29) is 28.9 Å². The molecule has 0 bridgehead atoms. The Hall–Kier alpha value is -1.38. The van der Waals surface area contributed by atoms with Crippen LogP contribution in [0.25, 0.3) is 0 Å². The van der Waals surface area contributed by atoms with Crippen LogP contribution in [0.15, 0.2) is 17.2 Å². The molecule has 0 fully saturated rings. The maximum absolute atomic E-state index is 11.8. The van der Waals surface area contributed by atoms with Crippen LogP contribution in [0.1, 0.15) is 0 Å². The number of nitrogens with one attached hydrogen (secondary N) is 1. The van der Waals surface area contributed by atoms with Gasteiger partial charge in [-0.25, -0.2) is 13.4 Å². The summed E-state index contributed by atoms with van der Waals surface area (Å²) in [6, 6.07) is 1.29. The summed E-state index contributed by atoms with van der Waals surface area (Å²) in [7, 11) is -2.37. The zero-order chi connectivity index (χ0) is 13.3. The predicted octanol–water partition coefficient (Wildman–Crippen LogP) is -0.0362. The first-order chi connectivity index (χ1) is 8.44. The molecule has 98 valence electrons. The number of pyridine rings is 1. The van der Waals surface area contributed by atoms with Crippen LogP contribution in [0.3, 0.4) is 0 Å². The van der Waals surface area contributed by atoms with Crippen molar-refractivity contribution in [3.63, 3.8) is 0 Å². The van der Waals surface area contributed by atoms with Crippen LogP contribution in [-0.4, -0.2) is 39.7 Å². The van der Waals surface area contributed by atoms with Gasteiger partial charge in [-0.3, -0.25) is 4.79 Å². The highest BCUT2D eigenvalue weighted by atomic mass is 35.5. The highest BCUT2D eigenvalue weighted by Crippen LogP contribution is 2.28. The van der Waals surface area contributed by atoms with Gasteiger partial charge < -0.3 is 9.64 Å². The van der Waals surface area contributed by atoms with Crippen molar-refractivity contribution in [1.82, 2.24) is 9.71 Å². The van der Waals surface area contributed by atoms with Gasteiger partial charge in [0.25, 0.3) is 0 Å². The Balaban J connectivity index is 2.44. The first-order valence-electron chi connectivity index (χ1n) is 4.91. The molecule has 1 aliphatic rings. The number of sulfonamides is 1. The normalized spacial score (nSPS) is 17.1. The maximum atomic E-state index is 11.8. The molecule has 1 aromatic rings. The third-order valence-corrected chi connectivity index (χ3v) is 3.98. The van der Waals surface area contributed by atoms with Gasteiger partial charge in [0.1, 0.15) is 17.3 Å². The first kappa shape index (κ1) is 13.1. The third-order valence-electron chi connectivity index (χ3n) is 2.38. The van der Waals surface area contributed by atoms with E-state index in [0.717, 1.165) is 0 Å². The molecule has 2 heterocycles. The van der Waals surface area contributed by atoms with E-state index in [0.29, 0.717) is 0 Å². The zero-order valence-corrected chi connectivity index (χ0v) is 11.0. The first-order valence-corrected chi connectivity index (χ1v) is 6.77. The number of anilines is 1. The van der Waals surface area contributed by atoms with Crippen LogP contribution in [0, 0.1) is 0 Å². The number of carbonyl (C=O) groups is 1. The average molecular weight is 292 g/mol. The molecule has 1 aliphatic heterocycles. The van der Waals surface area contributed by atoms with E-state index >= 15 is 0 Å². The Morgan fingerprint density at radius 1 is 1.67 bits per heavy atom. The Morgan fingerprint density at radius 3 is 3.06 bits per heavy atom. The molecule has 0 atom stereocenters. The lowest BCUT2D eigenvalue weighted by Crippen LogP contribution is -2.46. The van der Waals surface area contributed by atoms with Crippen molar-refractivity contribution in [2.75, 3.05) is 25.2 Å². The van der Waals surface area contributed by atoms with Crippen LogP contribution in [0.4, 0.5) is 5.82 Å². The molecule has 1 N–H and O–H groups in total. The number of carbonyl (C=O) groups excluding carboxylic acids is 1. The predicted molar refractivity (Wildman–Crippen MR) is 63.8 cm³/mol. The van der Waals surface area contributed by atoms with E-state index in [1.54, 1.807) is 0 Å². The number of methoxy groups -OCH3 is 1. The lowest BCUT2D eigenvalue weighted by molar-refractivity contribution is -0.139. The fourth-order valence-corrected chi connectivity index (χ4v) is 2.92. The average Bonchev–Trinajstić information content (AvgIpc) is 2.33. The van der Waals surface area contributed by atoms with Crippen molar-refractivity contribution in [3.8, 4) is 0 Å². The second-order valence-electron chi connectivity index (χ2n) is 3.56. The number of esters is 1. The minimum Gasteiger partial charge on any atom is -0.468 e. The third kappa shape index (κ3) is 2.40. The second kappa shape index (κ2) is 4.71. The topological polar surface area (TPSA) is 88.6 Å². The van der Waals surface area contributed by atoms with Gasteiger partial charge in [-0.15, -0.1) is 0 Å². The summed E-state index contributed by atoms with van der Waals surface area (Å²) < 4.78 is 30.4. The van der Waals surface area contributed by atoms with Crippen LogP contribution >= 0.6 is 11.6 Å². The van der Waals surface area contributed by atoms with Crippen molar-refractivity contribution in [1.29, 1.82) is 0 Å². The summed E-state index contributed by atoms with van der Waals surface area (Å²) in [6.07, 6.45) is 1.32. The molecular formula is C9H10ClN3O4S. The molecule has 0 spiro atoms. The van der Waals surface area contributed by atoms with Gasteiger partial charge >= 0.3 is 5.97 Å². The molecule has 9 heteroatoms. The standard InChI is InChI=1S/C9H10ClN3O4S/c1-17-8(14)4-13-5-12-18(15,16)7-2-6(10)3-11-9(7)13/h2-3,12H,4-5H2,1H3. The highest BCUT2D eigenvalue weighted by molar-refractivity contribution is 7.89. The number of nitrogens with zero attached hydrogens (tertiary/aromatic N) is 2. The van der Waals surface area contributed by atoms with E-state index in [4.69, 9.17) is 11.6 Å². The Bertz CT molecular complexity index is 589. The van der Waals surface area contributed by atoms with Gasteiger partial charge in [-0.2, -0.15) is 4.72 Å². The van der Waals surface area contributed by atoms with E-state index in [1.807, 2.05) is 0 Å². The lowest BCUT2D eigenvalue weighted by atomic mass is 10.4. The number of fused-ring (bicyclic) bond motifs is 1. The maximum Gasteiger partial charge on any atom is 0.325 e. The van der Waals surface area contributed by atoms with Gasteiger partial charge in [0.05, 0.1) is 18.8 Å². The van der Waals surface area contributed by atoms with Crippen molar-refractivity contribution in [3.05, 3.63) is 17.3 Å². The molecular weight excluding hydrogens is 282 g/mol. The van der Waals surface area contributed by atoms with Crippen LogP contribution in [0.5, 0.6) is 0 Å². The summed E-state index contributed by atoms with van der Waals surface area (Å²) in [4.78, 5) is 16.6.